The van der Waals surface area contributed by atoms with E-state index in [1.807, 2.05) is 4.90 Å². The quantitative estimate of drug-likeness (QED) is 0.689. The van der Waals surface area contributed by atoms with Crippen LogP contribution in [-0.2, 0) is 16.8 Å². The van der Waals surface area contributed by atoms with Gasteiger partial charge in [0, 0.05) is 52.5 Å². The van der Waals surface area contributed by atoms with Gasteiger partial charge in [-0.15, -0.1) is 0 Å². The van der Waals surface area contributed by atoms with Crippen molar-refractivity contribution in [1.82, 2.24) is 23.5 Å². The van der Waals surface area contributed by atoms with E-state index in [2.05, 4.69) is 20.6 Å². The zero-order chi connectivity index (χ0) is 22.6. The molecule has 0 bridgehead atoms. The fraction of sp³-hybridized carbons (Fsp3) is 0.421. The van der Waals surface area contributed by atoms with Crippen molar-refractivity contribution >= 4 is 27.6 Å². The Morgan fingerprint density at radius 1 is 1.06 bits per heavy atom. The maximum Gasteiger partial charge on any atom is 0.323 e. The normalized spacial score (nSPS) is 15.8. The molecule has 2 heterocycles. The van der Waals surface area contributed by atoms with Crippen molar-refractivity contribution in [1.29, 1.82) is 0 Å². The Balaban J connectivity index is 1.58. The van der Waals surface area contributed by atoms with Gasteiger partial charge in [0.2, 0.25) is 0 Å². The second kappa shape index (κ2) is 9.64. The number of amides is 2. The van der Waals surface area contributed by atoms with Crippen LogP contribution in [0.15, 0.2) is 30.6 Å². The highest BCUT2D eigenvalue weighted by molar-refractivity contribution is 7.86. The number of rotatable bonds is 6. The smallest absolute Gasteiger partial charge is 0.308 e. The highest BCUT2D eigenvalue weighted by atomic mass is 32.2. The summed E-state index contributed by atoms with van der Waals surface area (Å²) in [6.07, 6.45) is 2.96. The van der Waals surface area contributed by atoms with Crippen LogP contribution in [0.3, 0.4) is 0 Å². The van der Waals surface area contributed by atoms with Crippen LogP contribution in [-0.4, -0.2) is 78.2 Å². The number of nitrogens with zero attached hydrogens (tertiary/aromatic N) is 5. The zero-order valence-electron chi connectivity index (χ0n) is 17.7. The molecular weight excluding hydrogens is 425 g/mol. The first-order chi connectivity index (χ1) is 14.6. The van der Waals surface area contributed by atoms with Crippen LogP contribution in [0.1, 0.15) is 11.4 Å². The molecule has 2 N–H and O–H groups in total. The van der Waals surface area contributed by atoms with E-state index in [0.717, 1.165) is 0 Å². The van der Waals surface area contributed by atoms with Crippen LogP contribution in [0.4, 0.5) is 20.6 Å². The van der Waals surface area contributed by atoms with Crippen molar-refractivity contribution in [2.45, 2.75) is 13.5 Å². The third-order valence-electron chi connectivity index (χ3n) is 4.78. The highest BCUT2D eigenvalue weighted by Crippen LogP contribution is 2.18. The fourth-order valence-corrected chi connectivity index (χ4v) is 4.26. The second-order valence-corrected chi connectivity index (χ2v) is 9.55. The second-order valence-electron chi connectivity index (χ2n) is 7.41. The van der Waals surface area contributed by atoms with E-state index in [9.17, 15) is 17.6 Å². The molecule has 0 aliphatic carbocycles. The zero-order valence-corrected chi connectivity index (χ0v) is 18.5. The molecule has 31 heavy (non-hydrogen) atoms. The number of urea groups is 1. The average Bonchev–Trinajstić information content (AvgIpc) is 2.69. The van der Waals surface area contributed by atoms with Gasteiger partial charge in [0.25, 0.3) is 10.2 Å². The van der Waals surface area contributed by atoms with E-state index in [1.165, 1.54) is 47.2 Å². The third kappa shape index (κ3) is 6.17. The number of carbonyl (C=O) groups is 1. The summed E-state index contributed by atoms with van der Waals surface area (Å²) in [7, 11) is -0.425. The molecule has 0 spiro atoms. The molecule has 2 aromatic rings. The predicted octanol–water partition coefficient (Wildman–Crippen LogP) is 1.49. The lowest BCUT2D eigenvalue weighted by atomic mass is 10.1. The molecule has 0 saturated carbocycles. The van der Waals surface area contributed by atoms with Crippen LogP contribution in [0.5, 0.6) is 0 Å². The highest BCUT2D eigenvalue weighted by Gasteiger charge is 2.28. The van der Waals surface area contributed by atoms with E-state index in [4.69, 9.17) is 0 Å². The number of hydrogen-bond acceptors (Lipinski definition) is 6. The van der Waals surface area contributed by atoms with Crippen molar-refractivity contribution < 1.29 is 17.6 Å². The van der Waals surface area contributed by atoms with Crippen LogP contribution in [0, 0.1) is 12.7 Å². The summed E-state index contributed by atoms with van der Waals surface area (Å²) in [6, 6.07) is 3.79. The molecule has 2 amide bonds. The summed E-state index contributed by atoms with van der Waals surface area (Å²) >= 11 is 0. The number of anilines is 2. The molecule has 3 rings (SSSR count). The molecule has 1 saturated heterocycles. The van der Waals surface area contributed by atoms with Gasteiger partial charge < -0.3 is 10.6 Å². The van der Waals surface area contributed by atoms with Crippen molar-refractivity contribution in [2.75, 3.05) is 50.9 Å². The summed E-state index contributed by atoms with van der Waals surface area (Å²) < 4.78 is 41.2. The molecule has 0 unspecified atom stereocenters. The number of hydrogen-bond donors (Lipinski definition) is 2. The Hall–Kier alpha value is -2.67. The Labute approximate surface area is 181 Å². The van der Waals surface area contributed by atoms with Crippen LogP contribution >= 0.6 is 0 Å². The molecule has 0 atom stereocenters. The maximum atomic E-state index is 14.1. The van der Waals surface area contributed by atoms with Crippen molar-refractivity contribution in [3.8, 4) is 0 Å². The summed E-state index contributed by atoms with van der Waals surface area (Å²) in [4.78, 5) is 22.2. The monoisotopic (exact) mass is 451 g/mol. The van der Waals surface area contributed by atoms with Crippen molar-refractivity contribution in [2.24, 2.45) is 0 Å². The number of piperazine rings is 1. The van der Waals surface area contributed by atoms with Gasteiger partial charge in [-0.1, -0.05) is 0 Å². The van der Waals surface area contributed by atoms with Gasteiger partial charge in [-0.25, -0.2) is 19.2 Å². The minimum absolute atomic E-state index is 0.314. The minimum Gasteiger partial charge on any atom is -0.308 e. The van der Waals surface area contributed by atoms with E-state index in [-0.39, 0.29) is 0 Å². The van der Waals surface area contributed by atoms with Gasteiger partial charge in [-0.05, 0) is 30.7 Å². The summed E-state index contributed by atoms with van der Waals surface area (Å²) in [6.45, 7) is 3.96. The molecule has 1 aromatic carbocycles. The predicted molar refractivity (Wildman–Crippen MR) is 115 cm³/mol. The largest absolute Gasteiger partial charge is 0.323 e. The Kier molecular flexibility index (Phi) is 7.15. The SMILES string of the molecule is Cc1ncc(NC(=O)Nc2cc(F)cc(CN3CCN(S(=O)(=O)N(C)C)CC3)c2)cn1. The van der Waals surface area contributed by atoms with Crippen LogP contribution in [0.2, 0.25) is 0 Å². The molecule has 1 aromatic heterocycles. The fourth-order valence-electron chi connectivity index (χ4n) is 3.17. The van der Waals surface area contributed by atoms with Gasteiger partial charge in [0.15, 0.2) is 0 Å². The van der Waals surface area contributed by atoms with E-state index < -0.39 is 22.1 Å². The van der Waals surface area contributed by atoms with Gasteiger partial charge in [0.05, 0.1) is 18.1 Å². The third-order valence-corrected chi connectivity index (χ3v) is 6.72. The first kappa shape index (κ1) is 23.0. The van der Waals surface area contributed by atoms with Crippen molar-refractivity contribution in [3.05, 3.63) is 47.8 Å². The number of benzene rings is 1. The van der Waals surface area contributed by atoms with E-state index in [1.54, 1.807) is 13.0 Å². The number of nitrogens with one attached hydrogen (secondary N) is 2. The average molecular weight is 452 g/mol. The van der Waals surface area contributed by atoms with Gasteiger partial charge in [-0.2, -0.15) is 17.0 Å². The minimum atomic E-state index is -3.43. The lowest BCUT2D eigenvalue weighted by molar-refractivity contribution is 0.177. The van der Waals surface area contributed by atoms with Gasteiger partial charge in [0.1, 0.15) is 11.6 Å². The molecule has 1 aliphatic heterocycles. The summed E-state index contributed by atoms with van der Waals surface area (Å²) in [5.74, 6) is 0.112. The Morgan fingerprint density at radius 2 is 1.68 bits per heavy atom. The number of aromatic nitrogens is 2. The first-order valence-electron chi connectivity index (χ1n) is 9.69. The lowest BCUT2D eigenvalue weighted by Crippen LogP contribution is -2.51. The standard InChI is InChI=1S/C19H26FN7O3S/c1-14-21-11-18(12-22-14)24-19(28)23-17-9-15(8-16(20)10-17)13-26-4-6-27(7-5-26)31(29,30)25(2)3/h8-12H,4-7,13H2,1-3H3,(H2,23,24,28). The maximum absolute atomic E-state index is 14.1. The topological polar surface area (TPSA) is 111 Å². The lowest BCUT2D eigenvalue weighted by Gasteiger charge is -2.35. The number of carbonyl (C=O) groups excluding carboxylic acids is 1. The summed E-state index contributed by atoms with van der Waals surface area (Å²) in [5, 5.41) is 5.20. The molecule has 1 fully saturated rings. The number of aryl methyl sites for hydroxylation is 1. The van der Waals surface area contributed by atoms with Gasteiger partial charge >= 0.3 is 6.03 Å². The van der Waals surface area contributed by atoms with Crippen LogP contribution in [0.25, 0.3) is 0 Å². The Bertz CT molecular complexity index is 1020. The molecule has 12 heteroatoms. The summed E-state index contributed by atoms with van der Waals surface area (Å²) in [5.41, 5.74) is 1.41. The molecule has 10 nitrogen and oxygen atoms in total. The molecule has 168 valence electrons. The van der Waals surface area contributed by atoms with E-state index in [0.29, 0.717) is 55.5 Å². The Morgan fingerprint density at radius 3 is 2.29 bits per heavy atom. The molecule has 1 aliphatic rings. The molecular formula is C19H26FN7O3S. The van der Waals surface area contributed by atoms with Crippen molar-refractivity contribution in [3.63, 3.8) is 0 Å². The first-order valence-corrected chi connectivity index (χ1v) is 11.1. The van der Waals surface area contributed by atoms with Gasteiger partial charge in [-0.3, -0.25) is 4.90 Å². The number of halogens is 1. The van der Waals surface area contributed by atoms with Crippen LogP contribution < -0.4 is 10.6 Å². The van der Waals surface area contributed by atoms with E-state index >= 15 is 0 Å². The molecule has 0 radical (unpaired) electrons.